The van der Waals surface area contributed by atoms with Crippen molar-refractivity contribution in [3.8, 4) is 0 Å². The minimum Gasteiger partial charge on any atom is -0.290 e. The van der Waals surface area contributed by atoms with E-state index < -0.39 is 4.87 Å². The summed E-state index contributed by atoms with van der Waals surface area (Å²) in [5, 5.41) is 2.58. The zero-order chi connectivity index (χ0) is 17.2. The second kappa shape index (κ2) is 5.10. The molecule has 1 amide bonds. The number of benzene rings is 3. The van der Waals surface area contributed by atoms with Crippen LogP contribution in [0.3, 0.4) is 0 Å². The molecule has 0 saturated carbocycles. The predicted molar refractivity (Wildman–Crippen MR) is 101 cm³/mol. The number of amides is 1. The van der Waals surface area contributed by atoms with Crippen molar-refractivity contribution in [2.75, 3.05) is 10.7 Å². The summed E-state index contributed by atoms with van der Waals surface area (Å²) in [6.07, 6.45) is 0. The molecular formula is C20H12ClNO2S. The van der Waals surface area contributed by atoms with E-state index in [-0.39, 0.29) is 17.4 Å². The van der Waals surface area contributed by atoms with Crippen molar-refractivity contribution in [2.45, 2.75) is 4.87 Å². The number of rotatable bonds is 1. The number of anilines is 1. The lowest BCUT2D eigenvalue weighted by atomic mass is 10.0. The Bertz CT molecular complexity index is 1060. The van der Waals surface area contributed by atoms with E-state index in [1.54, 1.807) is 29.2 Å². The van der Waals surface area contributed by atoms with Crippen LogP contribution in [0, 0.1) is 0 Å². The Morgan fingerprint density at radius 3 is 2.44 bits per heavy atom. The lowest BCUT2D eigenvalue weighted by Crippen LogP contribution is -2.46. The molecule has 0 bridgehead atoms. The molecule has 3 aromatic carbocycles. The molecule has 1 fully saturated rings. The van der Waals surface area contributed by atoms with E-state index in [4.69, 9.17) is 11.6 Å². The van der Waals surface area contributed by atoms with Crippen molar-refractivity contribution >= 4 is 51.5 Å². The Labute approximate surface area is 153 Å². The van der Waals surface area contributed by atoms with Crippen molar-refractivity contribution in [1.29, 1.82) is 0 Å². The summed E-state index contributed by atoms with van der Waals surface area (Å²) in [4.78, 5) is 26.8. The number of thioether (sulfide) groups is 1. The molecule has 1 atom stereocenters. The van der Waals surface area contributed by atoms with Gasteiger partial charge in [-0.15, -0.1) is 11.8 Å². The van der Waals surface area contributed by atoms with Crippen molar-refractivity contribution in [2.24, 2.45) is 0 Å². The third-order valence-electron chi connectivity index (χ3n) is 4.88. The molecule has 1 unspecified atom stereocenters. The van der Waals surface area contributed by atoms with Crippen molar-refractivity contribution < 1.29 is 9.59 Å². The first-order valence-electron chi connectivity index (χ1n) is 7.92. The molecule has 1 saturated heterocycles. The first-order valence-corrected chi connectivity index (χ1v) is 9.29. The van der Waals surface area contributed by atoms with Crippen molar-refractivity contribution in [3.63, 3.8) is 0 Å². The smallest absolute Gasteiger partial charge is 0.238 e. The molecular weight excluding hydrogens is 354 g/mol. The van der Waals surface area contributed by atoms with E-state index in [1.165, 1.54) is 11.8 Å². The molecule has 1 spiro atoms. The number of carbonyl (C=O) groups is 2. The van der Waals surface area contributed by atoms with E-state index in [9.17, 15) is 9.59 Å². The average Bonchev–Trinajstić information content (AvgIpc) is 3.10. The van der Waals surface area contributed by atoms with Crippen LogP contribution in [0.25, 0.3) is 10.8 Å². The first-order chi connectivity index (χ1) is 12.1. The third kappa shape index (κ3) is 1.84. The second-order valence-electron chi connectivity index (χ2n) is 6.18. The van der Waals surface area contributed by atoms with Gasteiger partial charge in [-0.05, 0) is 35.0 Å². The van der Waals surface area contributed by atoms with Crippen LogP contribution < -0.4 is 4.90 Å². The highest BCUT2D eigenvalue weighted by Gasteiger charge is 2.58. The molecule has 2 aliphatic rings. The van der Waals surface area contributed by atoms with Gasteiger partial charge < -0.3 is 0 Å². The molecule has 1 aliphatic carbocycles. The van der Waals surface area contributed by atoms with E-state index in [1.807, 2.05) is 36.4 Å². The van der Waals surface area contributed by atoms with Crippen LogP contribution in [0.5, 0.6) is 0 Å². The summed E-state index contributed by atoms with van der Waals surface area (Å²) in [5.41, 5.74) is 2.28. The summed E-state index contributed by atoms with van der Waals surface area (Å²) in [6, 6.07) is 18.7. The molecule has 3 aromatic rings. The molecule has 5 heteroatoms. The number of nitrogens with zero attached hydrogens (tertiary/aromatic N) is 1. The fraction of sp³-hybridized carbons (Fsp3) is 0.100. The fourth-order valence-corrected chi connectivity index (χ4v) is 5.36. The molecule has 1 heterocycles. The highest BCUT2D eigenvalue weighted by Crippen LogP contribution is 2.55. The van der Waals surface area contributed by atoms with Crippen LogP contribution in [0.15, 0.2) is 60.7 Å². The lowest BCUT2D eigenvalue weighted by molar-refractivity contribution is -0.116. The van der Waals surface area contributed by atoms with Gasteiger partial charge in [-0.3, -0.25) is 14.5 Å². The standard InChI is InChI=1S/C20H12ClNO2S/c21-13-7-9-14(10-8-13)22-17(23)11-25-20(22)16-6-2-4-12-3-1-5-15(18(12)16)19(20)24/h1-10H,11H2. The number of halogens is 1. The summed E-state index contributed by atoms with van der Waals surface area (Å²) < 4.78 is 0. The minimum absolute atomic E-state index is 0.0231. The van der Waals surface area contributed by atoms with Crippen LogP contribution in [0.4, 0.5) is 5.69 Å². The van der Waals surface area contributed by atoms with Crippen LogP contribution >= 0.6 is 23.4 Å². The number of carbonyl (C=O) groups excluding carboxylic acids is 2. The zero-order valence-corrected chi connectivity index (χ0v) is 14.6. The van der Waals surface area contributed by atoms with Crippen molar-refractivity contribution in [1.82, 2.24) is 0 Å². The molecule has 0 aromatic heterocycles. The van der Waals surface area contributed by atoms with Gasteiger partial charge in [-0.2, -0.15) is 0 Å². The molecule has 0 N–H and O–H groups in total. The first kappa shape index (κ1) is 15.0. The summed E-state index contributed by atoms with van der Waals surface area (Å²) >= 11 is 7.40. The maximum Gasteiger partial charge on any atom is 0.238 e. The number of hydrogen-bond acceptors (Lipinski definition) is 3. The van der Waals surface area contributed by atoms with E-state index in [2.05, 4.69) is 0 Å². The second-order valence-corrected chi connectivity index (χ2v) is 7.78. The number of hydrogen-bond donors (Lipinski definition) is 0. The molecule has 1 aliphatic heterocycles. The molecule has 5 rings (SSSR count). The summed E-state index contributed by atoms with van der Waals surface area (Å²) in [7, 11) is 0. The summed E-state index contributed by atoms with van der Waals surface area (Å²) in [6.45, 7) is 0. The van der Waals surface area contributed by atoms with Gasteiger partial charge in [-0.25, -0.2) is 0 Å². The fourth-order valence-electron chi connectivity index (χ4n) is 3.87. The summed E-state index contributed by atoms with van der Waals surface area (Å²) in [5.74, 6) is 0.189. The van der Waals surface area contributed by atoms with Crippen LogP contribution in [0.1, 0.15) is 15.9 Å². The minimum atomic E-state index is -1.02. The zero-order valence-electron chi connectivity index (χ0n) is 13.0. The molecule has 3 nitrogen and oxygen atoms in total. The predicted octanol–water partition coefficient (Wildman–Crippen LogP) is 4.62. The number of ketones is 1. The number of fused-ring (bicyclic) bond motifs is 1. The molecule has 122 valence electrons. The quantitative estimate of drug-likeness (QED) is 0.631. The van der Waals surface area contributed by atoms with Crippen molar-refractivity contribution in [3.05, 3.63) is 76.8 Å². The van der Waals surface area contributed by atoms with Gasteiger partial charge in [0.1, 0.15) is 0 Å². The van der Waals surface area contributed by atoms with Gasteiger partial charge in [-0.1, -0.05) is 48.0 Å². The largest absolute Gasteiger partial charge is 0.290 e. The van der Waals surface area contributed by atoms with Gasteiger partial charge in [0.25, 0.3) is 0 Å². The monoisotopic (exact) mass is 365 g/mol. The Morgan fingerprint density at radius 2 is 1.68 bits per heavy atom. The Kier molecular flexibility index (Phi) is 3.06. The Morgan fingerprint density at radius 1 is 0.960 bits per heavy atom. The van der Waals surface area contributed by atoms with Crippen LogP contribution in [0.2, 0.25) is 5.02 Å². The Balaban J connectivity index is 1.81. The van der Waals surface area contributed by atoms with Gasteiger partial charge in [0, 0.05) is 21.8 Å². The highest BCUT2D eigenvalue weighted by atomic mass is 35.5. The third-order valence-corrected chi connectivity index (χ3v) is 6.52. The number of Topliss-reactive ketones (excluding diaryl/α,β-unsaturated/α-hetero) is 1. The maximum atomic E-state index is 13.5. The van der Waals surface area contributed by atoms with Crippen LogP contribution in [-0.2, 0) is 9.67 Å². The van der Waals surface area contributed by atoms with E-state index in [0.717, 1.165) is 16.3 Å². The maximum absolute atomic E-state index is 13.5. The van der Waals surface area contributed by atoms with Crippen LogP contribution in [-0.4, -0.2) is 17.4 Å². The van der Waals surface area contributed by atoms with Gasteiger partial charge >= 0.3 is 0 Å². The lowest BCUT2D eigenvalue weighted by Gasteiger charge is -2.33. The normalized spacial score (nSPS) is 21.7. The van der Waals surface area contributed by atoms with Gasteiger partial charge in [0.2, 0.25) is 11.7 Å². The van der Waals surface area contributed by atoms with E-state index in [0.29, 0.717) is 16.3 Å². The topological polar surface area (TPSA) is 37.4 Å². The molecule has 0 radical (unpaired) electrons. The van der Waals surface area contributed by atoms with Gasteiger partial charge in [0.15, 0.2) is 4.87 Å². The average molecular weight is 366 g/mol. The van der Waals surface area contributed by atoms with Gasteiger partial charge in [0.05, 0.1) is 5.75 Å². The van der Waals surface area contributed by atoms with E-state index >= 15 is 0 Å². The molecule has 25 heavy (non-hydrogen) atoms. The highest BCUT2D eigenvalue weighted by molar-refractivity contribution is 8.02. The SMILES string of the molecule is O=C1CSC2(C(=O)c3cccc4cccc2c34)N1c1ccc(Cl)cc1. The Hall–Kier alpha value is -2.30.